The molecule has 0 aromatic carbocycles. The molecule has 3 heterocycles. The predicted octanol–water partition coefficient (Wildman–Crippen LogP) is 2.77. The third kappa shape index (κ3) is 2.33. The summed E-state index contributed by atoms with van der Waals surface area (Å²) in [6.45, 7) is -2.75. The van der Waals surface area contributed by atoms with E-state index in [2.05, 4.69) is 20.1 Å². The molecule has 0 fully saturated rings. The lowest BCUT2D eigenvalue weighted by Gasteiger charge is -2.23. The molecule has 6 nitrogen and oxygen atoms in total. The van der Waals surface area contributed by atoms with Gasteiger partial charge in [0.25, 0.3) is 0 Å². The fraction of sp³-hybridized carbons (Fsp3) is 0.357. The number of pyridine rings is 1. The van der Waals surface area contributed by atoms with E-state index in [0.717, 1.165) is 17.7 Å². The van der Waals surface area contributed by atoms with Gasteiger partial charge in [-0.05, 0) is 36.8 Å². The quantitative estimate of drug-likeness (QED) is 0.753. The van der Waals surface area contributed by atoms with Crippen molar-refractivity contribution in [3.8, 4) is 0 Å². The molecule has 0 unspecified atom stereocenters. The molecular weight excluding hydrogens is 328 g/mol. The summed E-state index contributed by atoms with van der Waals surface area (Å²) in [6.07, 6.45) is 3.47. The maximum absolute atomic E-state index is 12.8. The minimum absolute atomic E-state index is 0.00686. The zero-order chi connectivity index (χ0) is 16.1. The molecule has 2 N–H and O–H groups in total. The SMILES string of the molecule is O=c1[nH]c2cc3c(nc2[nH]1)CC[C@H](c1cnn(C(F)F)c1Cl)C3. The van der Waals surface area contributed by atoms with E-state index in [9.17, 15) is 13.6 Å². The number of imidazole rings is 1. The first-order valence-electron chi connectivity index (χ1n) is 7.15. The highest BCUT2D eigenvalue weighted by Gasteiger charge is 2.27. The number of aromatic nitrogens is 5. The predicted molar refractivity (Wildman–Crippen MR) is 80.0 cm³/mol. The molecule has 1 aliphatic carbocycles. The fourth-order valence-corrected chi connectivity index (χ4v) is 3.47. The van der Waals surface area contributed by atoms with Crippen molar-refractivity contribution < 1.29 is 8.78 Å². The minimum atomic E-state index is -2.75. The van der Waals surface area contributed by atoms with Crippen LogP contribution in [0.15, 0.2) is 17.1 Å². The molecule has 9 heteroatoms. The maximum Gasteiger partial charge on any atom is 0.334 e. The molecule has 0 bridgehead atoms. The summed E-state index contributed by atoms with van der Waals surface area (Å²) in [5.41, 5.74) is 3.42. The second kappa shape index (κ2) is 5.16. The summed E-state index contributed by atoms with van der Waals surface area (Å²) in [5, 5.41) is 3.65. The lowest BCUT2D eigenvalue weighted by atomic mass is 9.83. The van der Waals surface area contributed by atoms with E-state index in [4.69, 9.17) is 11.6 Å². The van der Waals surface area contributed by atoms with Gasteiger partial charge >= 0.3 is 12.2 Å². The summed E-state index contributed by atoms with van der Waals surface area (Å²) in [4.78, 5) is 21.1. The van der Waals surface area contributed by atoms with Gasteiger partial charge in [0.15, 0.2) is 5.65 Å². The molecule has 0 radical (unpaired) electrons. The van der Waals surface area contributed by atoms with Gasteiger partial charge in [-0.25, -0.2) is 9.78 Å². The summed E-state index contributed by atoms with van der Waals surface area (Å²) in [7, 11) is 0. The van der Waals surface area contributed by atoms with E-state index < -0.39 is 6.55 Å². The number of nitrogens with one attached hydrogen (secondary N) is 2. The van der Waals surface area contributed by atoms with Crippen LogP contribution < -0.4 is 5.69 Å². The maximum atomic E-state index is 12.8. The highest BCUT2D eigenvalue weighted by atomic mass is 35.5. The van der Waals surface area contributed by atoms with Crippen LogP contribution in [-0.2, 0) is 12.8 Å². The van der Waals surface area contributed by atoms with Crippen LogP contribution in [0, 0.1) is 0 Å². The number of H-pyrrole nitrogens is 2. The molecule has 0 saturated carbocycles. The van der Waals surface area contributed by atoms with E-state index in [1.54, 1.807) is 0 Å². The number of hydrogen-bond donors (Lipinski definition) is 2. The third-order valence-electron chi connectivity index (χ3n) is 4.25. The molecule has 1 aliphatic rings. The van der Waals surface area contributed by atoms with Crippen LogP contribution in [-0.4, -0.2) is 24.7 Å². The first-order chi connectivity index (χ1) is 11.0. The van der Waals surface area contributed by atoms with E-state index in [-0.39, 0.29) is 16.8 Å². The van der Waals surface area contributed by atoms with Crippen molar-refractivity contribution in [3.05, 3.63) is 44.7 Å². The molecule has 4 rings (SSSR count). The Morgan fingerprint density at radius 2 is 2.22 bits per heavy atom. The summed E-state index contributed by atoms with van der Waals surface area (Å²) < 4.78 is 26.1. The van der Waals surface area contributed by atoms with Crippen molar-refractivity contribution in [1.29, 1.82) is 0 Å². The average molecular weight is 340 g/mol. The largest absolute Gasteiger partial charge is 0.334 e. The van der Waals surface area contributed by atoms with Gasteiger partial charge in [-0.15, -0.1) is 0 Å². The van der Waals surface area contributed by atoms with Crippen LogP contribution >= 0.6 is 11.6 Å². The Bertz CT molecular complexity index is 944. The second-order valence-corrected chi connectivity index (χ2v) is 5.98. The normalized spacial score (nSPS) is 17.8. The average Bonchev–Trinajstić information content (AvgIpc) is 3.05. The second-order valence-electron chi connectivity index (χ2n) is 5.62. The van der Waals surface area contributed by atoms with Gasteiger partial charge in [0.2, 0.25) is 0 Å². The van der Waals surface area contributed by atoms with E-state index in [1.165, 1.54) is 6.20 Å². The van der Waals surface area contributed by atoms with Gasteiger partial charge in [0, 0.05) is 11.3 Å². The number of halogens is 3. The zero-order valence-corrected chi connectivity index (χ0v) is 12.6. The molecule has 0 amide bonds. The van der Waals surface area contributed by atoms with Crippen molar-refractivity contribution in [2.24, 2.45) is 0 Å². The topological polar surface area (TPSA) is 79.4 Å². The number of hydrogen-bond acceptors (Lipinski definition) is 3. The molecule has 0 saturated heterocycles. The minimum Gasteiger partial charge on any atom is -0.304 e. The summed E-state index contributed by atoms with van der Waals surface area (Å²) in [6, 6.07) is 1.88. The van der Waals surface area contributed by atoms with Crippen molar-refractivity contribution in [2.75, 3.05) is 0 Å². The van der Waals surface area contributed by atoms with Crippen LogP contribution in [0.25, 0.3) is 11.2 Å². The van der Waals surface area contributed by atoms with Gasteiger partial charge in [-0.1, -0.05) is 11.6 Å². The van der Waals surface area contributed by atoms with Crippen LogP contribution in [0.1, 0.15) is 35.7 Å². The van der Waals surface area contributed by atoms with Gasteiger partial charge in [0.1, 0.15) is 5.15 Å². The van der Waals surface area contributed by atoms with Crippen molar-refractivity contribution in [1.82, 2.24) is 24.7 Å². The van der Waals surface area contributed by atoms with Gasteiger partial charge in [-0.2, -0.15) is 18.6 Å². The number of nitrogens with zero attached hydrogens (tertiary/aromatic N) is 3. The number of alkyl halides is 2. The number of rotatable bonds is 2. The van der Waals surface area contributed by atoms with E-state index in [1.807, 2.05) is 6.07 Å². The molecule has 23 heavy (non-hydrogen) atoms. The molecule has 0 spiro atoms. The molecule has 0 aliphatic heterocycles. The Kier molecular flexibility index (Phi) is 3.22. The Hall–Kier alpha value is -2.22. The van der Waals surface area contributed by atoms with Gasteiger partial charge in [0.05, 0.1) is 11.7 Å². The molecule has 1 atom stereocenters. The zero-order valence-electron chi connectivity index (χ0n) is 11.8. The van der Waals surface area contributed by atoms with Crippen LogP contribution in [0.4, 0.5) is 8.78 Å². The summed E-state index contributed by atoms with van der Waals surface area (Å²) >= 11 is 6.03. The van der Waals surface area contributed by atoms with Crippen molar-refractivity contribution >= 4 is 22.8 Å². The third-order valence-corrected chi connectivity index (χ3v) is 4.64. The van der Waals surface area contributed by atoms with Crippen LogP contribution in [0.3, 0.4) is 0 Å². The van der Waals surface area contributed by atoms with Crippen LogP contribution in [0.5, 0.6) is 0 Å². The number of aromatic amines is 2. The molecule has 120 valence electrons. The van der Waals surface area contributed by atoms with Crippen molar-refractivity contribution in [3.63, 3.8) is 0 Å². The smallest absolute Gasteiger partial charge is 0.304 e. The molecular formula is C14H12ClF2N5O. The lowest BCUT2D eigenvalue weighted by molar-refractivity contribution is 0.0568. The Labute approximate surface area is 133 Å². The van der Waals surface area contributed by atoms with Crippen LogP contribution in [0.2, 0.25) is 5.15 Å². The fourth-order valence-electron chi connectivity index (χ4n) is 3.15. The van der Waals surface area contributed by atoms with Gasteiger partial charge in [-0.3, -0.25) is 4.98 Å². The first kappa shape index (κ1) is 14.4. The van der Waals surface area contributed by atoms with Gasteiger partial charge < -0.3 is 4.98 Å². The Morgan fingerprint density at radius 1 is 1.39 bits per heavy atom. The lowest BCUT2D eigenvalue weighted by Crippen LogP contribution is -2.14. The monoisotopic (exact) mass is 339 g/mol. The highest BCUT2D eigenvalue weighted by Crippen LogP contribution is 2.36. The first-order valence-corrected chi connectivity index (χ1v) is 7.52. The number of fused-ring (bicyclic) bond motifs is 2. The Balaban J connectivity index is 1.70. The molecule has 3 aromatic heterocycles. The Morgan fingerprint density at radius 3 is 2.96 bits per heavy atom. The summed E-state index contributed by atoms with van der Waals surface area (Å²) in [5.74, 6) is 0.00686. The highest BCUT2D eigenvalue weighted by molar-refractivity contribution is 6.30. The standard InChI is InChI=1S/C14H12ClF2N5O/c15-11-8(5-18-22(11)13(16)17)6-1-2-9-7(3-6)4-10-12(19-9)21-14(23)20-10/h4-6,13H,1-3H2,(H2,19,20,21,23)/t6-/m0/s1. The number of aryl methyl sites for hydroxylation is 1. The van der Waals surface area contributed by atoms with Crippen molar-refractivity contribution in [2.45, 2.75) is 31.7 Å². The van der Waals surface area contributed by atoms with E-state index in [0.29, 0.717) is 34.3 Å². The molecule has 3 aromatic rings. The van der Waals surface area contributed by atoms with E-state index >= 15 is 0 Å².